The lowest BCUT2D eigenvalue weighted by Crippen LogP contribution is -2.42. The van der Waals surface area contributed by atoms with E-state index in [9.17, 15) is 8.42 Å². The molecule has 0 heterocycles. The molecule has 2 N–H and O–H groups in total. The quantitative estimate of drug-likeness (QED) is 0.826. The summed E-state index contributed by atoms with van der Waals surface area (Å²) in [5.41, 5.74) is 1.35. The van der Waals surface area contributed by atoms with E-state index in [0.29, 0.717) is 18.5 Å². The van der Waals surface area contributed by atoms with E-state index in [2.05, 4.69) is 44.2 Å². The van der Waals surface area contributed by atoms with Gasteiger partial charge in [-0.25, -0.2) is 13.1 Å². The fourth-order valence-corrected chi connectivity index (χ4v) is 3.54. The lowest BCUT2D eigenvalue weighted by molar-refractivity contribution is 0.295. The van der Waals surface area contributed by atoms with Gasteiger partial charge in [-0.15, -0.1) is 0 Å². The third-order valence-electron chi connectivity index (χ3n) is 3.60. The molecule has 1 fully saturated rings. The van der Waals surface area contributed by atoms with Crippen LogP contribution in [0.15, 0.2) is 28.7 Å². The summed E-state index contributed by atoms with van der Waals surface area (Å²) in [6, 6.07) is 8.72. The largest absolute Gasteiger partial charge is 0.313 e. The average molecular weight is 347 g/mol. The first kappa shape index (κ1) is 15.0. The normalized spacial score (nSPS) is 23.1. The number of halogens is 1. The van der Waals surface area contributed by atoms with Gasteiger partial charge >= 0.3 is 0 Å². The van der Waals surface area contributed by atoms with Crippen LogP contribution in [0, 0.1) is 0 Å². The van der Waals surface area contributed by atoms with Crippen LogP contribution in [-0.4, -0.2) is 33.8 Å². The van der Waals surface area contributed by atoms with Crippen molar-refractivity contribution >= 4 is 26.0 Å². The maximum Gasteiger partial charge on any atom is 0.212 e. The van der Waals surface area contributed by atoms with Crippen LogP contribution >= 0.6 is 15.9 Å². The Balaban J connectivity index is 1.74. The van der Waals surface area contributed by atoms with Crippen molar-refractivity contribution in [1.29, 1.82) is 0 Å². The van der Waals surface area contributed by atoms with E-state index in [-0.39, 0.29) is 5.75 Å². The number of rotatable bonds is 6. The van der Waals surface area contributed by atoms with Crippen molar-refractivity contribution in [2.24, 2.45) is 0 Å². The third kappa shape index (κ3) is 4.02. The monoisotopic (exact) mass is 346 g/mol. The second-order valence-electron chi connectivity index (χ2n) is 4.86. The Bertz CT molecular complexity index is 527. The summed E-state index contributed by atoms with van der Waals surface area (Å²) in [5.74, 6) is 0.716. The van der Waals surface area contributed by atoms with Crippen molar-refractivity contribution in [2.45, 2.75) is 24.8 Å². The first-order chi connectivity index (χ1) is 9.02. The molecule has 1 aliphatic rings. The smallest absolute Gasteiger partial charge is 0.212 e. The van der Waals surface area contributed by atoms with Gasteiger partial charge in [0.1, 0.15) is 0 Å². The number of hydrogen-bond donors (Lipinski definition) is 2. The van der Waals surface area contributed by atoms with Gasteiger partial charge in [-0.2, -0.15) is 0 Å². The van der Waals surface area contributed by atoms with Crippen molar-refractivity contribution in [3.63, 3.8) is 0 Å². The van der Waals surface area contributed by atoms with E-state index in [1.54, 1.807) is 0 Å². The predicted molar refractivity (Wildman–Crippen MR) is 80.8 cm³/mol. The summed E-state index contributed by atoms with van der Waals surface area (Å²) in [6.07, 6.45) is 2.14. The highest BCUT2D eigenvalue weighted by Gasteiger charge is 2.30. The molecule has 2 rings (SSSR count). The van der Waals surface area contributed by atoms with Crippen molar-refractivity contribution in [3.05, 3.63) is 34.3 Å². The molecule has 0 bridgehead atoms. The number of nitrogens with one attached hydrogen (secondary N) is 2. The van der Waals surface area contributed by atoms with Crippen LogP contribution < -0.4 is 10.0 Å². The molecule has 1 aromatic rings. The Labute approximate surface area is 123 Å². The molecule has 0 radical (unpaired) electrons. The lowest BCUT2D eigenvalue weighted by atomic mass is 9.76. The zero-order chi connectivity index (χ0) is 13.9. The fourth-order valence-electron chi connectivity index (χ4n) is 2.34. The van der Waals surface area contributed by atoms with Gasteiger partial charge in [0, 0.05) is 17.1 Å². The minimum absolute atomic E-state index is 0.139. The Morgan fingerprint density at radius 1 is 1.32 bits per heavy atom. The highest BCUT2D eigenvalue weighted by atomic mass is 79.9. The first-order valence-corrected chi connectivity index (χ1v) is 8.85. The zero-order valence-electron chi connectivity index (χ0n) is 10.9. The van der Waals surface area contributed by atoms with E-state index in [1.807, 2.05) is 6.07 Å². The molecule has 0 spiro atoms. The molecule has 6 heteroatoms. The van der Waals surface area contributed by atoms with Gasteiger partial charge in [0.25, 0.3) is 0 Å². The van der Waals surface area contributed by atoms with Gasteiger partial charge in [-0.3, -0.25) is 0 Å². The molecule has 106 valence electrons. The first-order valence-electron chi connectivity index (χ1n) is 6.41. The Morgan fingerprint density at radius 2 is 2.00 bits per heavy atom. The predicted octanol–water partition coefficient (Wildman–Crippen LogP) is 1.83. The zero-order valence-corrected chi connectivity index (χ0v) is 13.3. The van der Waals surface area contributed by atoms with E-state index in [1.165, 1.54) is 12.6 Å². The molecule has 0 aromatic heterocycles. The van der Waals surface area contributed by atoms with Crippen molar-refractivity contribution in [1.82, 2.24) is 10.0 Å². The van der Waals surface area contributed by atoms with E-state index in [4.69, 9.17) is 0 Å². The summed E-state index contributed by atoms with van der Waals surface area (Å²) in [7, 11) is -1.65. The second-order valence-corrected chi connectivity index (χ2v) is 7.76. The Hall–Kier alpha value is -0.430. The third-order valence-corrected chi connectivity index (χ3v) is 5.68. The van der Waals surface area contributed by atoms with Crippen LogP contribution in [0.3, 0.4) is 0 Å². The number of sulfonamides is 1. The van der Waals surface area contributed by atoms with Gasteiger partial charge in [-0.1, -0.05) is 34.1 Å². The van der Waals surface area contributed by atoms with E-state index in [0.717, 1.165) is 17.3 Å². The molecule has 0 atom stereocenters. The Kier molecular flexibility index (Phi) is 5.00. The molecule has 1 aromatic carbocycles. The molecule has 0 amide bonds. The average Bonchev–Trinajstić information content (AvgIpc) is 2.33. The topological polar surface area (TPSA) is 58.2 Å². The van der Waals surface area contributed by atoms with Crippen LogP contribution in [0.2, 0.25) is 0 Å². The highest BCUT2D eigenvalue weighted by Crippen LogP contribution is 2.39. The molecule has 0 unspecified atom stereocenters. The molecular formula is C13H19BrN2O2S. The van der Waals surface area contributed by atoms with Crippen LogP contribution in [0.5, 0.6) is 0 Å². The maximum atomic E-state index is 11.3. The van der Waals surface area contributed by atoms with Crippen LogP contribution in [0.1, 0.15) is 24.3 Å². The fraction of sp³-hybridized carbons (Fsp3) is 0.538. The van der Waals surface area contributed by atoms with Gasteiger partial charge in [0.2, 0.25) is 10.0 Å². The number of hydrogen-bond acceptors (Lipinski definition) is 3. The van der Waals surface area contributed by atoms with E-state index >= 15 is 0 Å². The SMILES string of the molecule is CNS(=O)(=O)CCNC1CC(c2ccccc2Br)C1. The summed E-state index contributed by atoms with van der Waals surface area (Å²) in [6.45, 7) is 0.510. The van der Waals surface area contributed by atoms with Crippen molar-refractivity contribution in [2.75, 3.05) is 19.3 Å². The Morgan fingerprint density at radius 3 is 2.63 bits per heavy atom. The highest BCUT2D eigenvalue weighted by molar-refractivity contribution is 9.10. The standard InChI is InChI=1S/C13H19BrN2O2S/c1-15-19(17,18)7-6-16-11-8-10(9-11)12-4-2-3-5-13(12)14/h2-5,10-11,15-16H,6-9H2,1H3. The van der Waals surface area contributed by atoms with Gasteiger partial charge in [0.05, 0.1) is 5.75 Å². The second kappa shape index (κ2) is 6.35. The molecular weight excluding hydrogens is 328 g/mol. The number of benzene rings is 1. The van der Waals surface area contributed by atoms with Crippen LogP contribution in [-0.2, 0) is 10.0 Å². The molecule has 0 saturated heterocycles. The van der Waals surface area contributed by atoms with Gasteiger partial charge < -0.3 is 5.32 Å². The van der Waals surface area contributed by atoms with Crippen LogP contribution in [0.4, 0.5) is 0 Å². The minimum atomic E-state index is -3.09. The molecule has 4 nitrogen and oxygen atoms in total. The summed E-state index contributed by atoms with van der Waals surface area (Å²) >= 11 is 3.57. The molecule has 0 aliphatic heterocycles. The van der Waals surface area contributed by atoms with Crippen molar-refractivity contribution < 1.29 is 8.42 Å². The van der Waals surface area contributed by atoms with Crippen molar-refractivity contribution in [3.8, 4) is 0 Å². The maximum absolute atomic E-state index is 11.3. The molecule has 1 saturated carbocycles. The minimum Gasteiger partial charge on any atom is -0.313 e. The molecule has 19 heavy (non-hydrogen) atoms. The van der Waals surface area contributed by atoms with Crippen LogP contribution in [0.25, 0.3) is 0 Å². The van der Waals surface area contributed by atoms with Gasteiger partial charge in [0.15, 0.2) is 0 Å². The van der Waals surface area contributed by atoms with Gasteiger partial charge in [-0.05, 0) is 37.4 Å². The van der Waals surface area contributed by atoms with E-state index < -0.39 is 10.0 Å². The molecule has 1 aliphatic carbocycles. The summed E-state index contributed by atoms with van der Waals surface area (Å²) in [5, 5.41) is 3.29. The summed E-state index contributed by atoms with van der Waals surface area (Å²) in [4.78, 5) is 0. The summed E-state index contributed by atoms with van der Waals surface area (Å²) < 4.78 is 26.0. The lowest BCUT2D eigenvalue weighted by Gasteiger charge is -2.37.